The zero-order chi connectivity index (χ0) is 26.4. The molecule has 196 valence electrons. The molecule has 4 N–H and O–H groups in total. The van der Waals surface area contributed by atoms with E-state index in [0.29, 0.717) is 71.5 Å². The van der Waals surface area contributed by atoms with Crippen LogP contribution in [-0.4, -0.2) is 47.6 Å². The molecule has 1 amide bonds. The Hall–Kier alpha value is -3.61. The number of nitrogen functional groups attached to an aromatic ring is 2. The number of carbonyl (C=O) groups excluding carboxylic acids is 2. The minimum Gasteiger partial charge on any atom is -0.466 e. The average molecular weight is 506 g/mol. The van der Waals surface area contributed by atoms with Crippen molar-refractivity contribution in [1.29, 1.82) is 5.26 Å². The van der Waals surface area contributed by atoms with E-state index in [1.54, 1.807) is 6.92 Å². The van der Waals surface area contributed by atoms with Gasteiger partial charge >= 0.3 is 5.97 Å². The molecule has 0 radical (unpaired) electrons. The van der Waals surface area contributed by atoms with E-state index >= 15 is 0 Å². The topological polar surface area (TPSA) is 151 Å². The maximum atomic E-state index is 13.4. The molecule has 4 unspecified atom stereocenters. The minimum atomic E-state index is -0.306. The third kappa shape index (κ3) is 4.10. The lowest BCUT2D eigenvalue weighted by Crippen LogP contribution is -2.46. The van der Waals surface area contributed by atoms with Gasteiger partial charge in [-0.25, -0.2) is 9.97 Å². The van der Waals surface area contributed by atoms with Gasteiger partial charge in [-0.2, -0.15) is 5.26 Å². The minimum absolute atomic E-state index is 0.0264. The number of pyridine rings is 2. The van der Waals surface area contributed by atoms with Gasteiger partial charge in [-0.3, -0.25) is 14.5 Å². The van der Waals surface area contributed by atoms with Gasteiger partial charge in [-0.05, 0) is 38.0 Å². The summed E-state index contributed by atoms with van der Waals surface area (Å²) in [6.07, 6.45) is 4.72. The summed E-state index contributed by atoms with van der Waals surface area (Å²) in [7, 11) is 0. The van der Waals surface area contributed by atoms with Gasteiger partial charge in [0, 0.05) is 30.1 Å². The van der Waals surface area contributed by atoms with Crippen molar-refractivity contribution < 1.29 is 14.3 Å². The summed E-state index contributed by atoms with van der Waals surface area (Å²) in [5.74, 6) is 1.54. The zero-order valence-corrected chi connectivity index (χ0v) is 21.8. The third-order valence-electron chi connectivity index (χ3n) is 8.53. The fourth-order valence-electron chi connectivity index (χ4n) is 6.44. The lowest BCUT2D eigenvalue weighted by Gasteiger charge is -2.39. The van der Waals surface area contributed by atoms with Crippen molar-refractivity contribution >= 4 is 45.9 Å². The van der Waals surface area contributed by atoms with Crippen LogP contribution in [-0.2, 0) is 20.7 Å². The monoisotopic (exact) mass is 505 g/mol. The van der Waals surface area contributed by atoms with Gasteiger partial charge in [0.25, 0.3) is 0 Å². The van der Waals surface area contributed by atoms with E-state index in [9.17, 15) is 14.9 Å². The molecular formula is C27H35N7O3. The van der Waals surface area contributed by atoms with Crippen LogP contribution in [0.15, 0.2) is 0 Å². The molecule has 2 aromatic rings. The van der Waals surface area contributed by atoms with Crippen LogP contribution < -0.4 is 21.3 Å². The molecule has 10 nitrogen and oxygen atoms in total. The number of nitrogens with zero attached hydrogens (tertiary/aromatic N) is 5. The van der Waals surface area contributed by atoms with E-state index in [-0.39, 0.29) is 41.9 Å². The molecule has 3 aliphatic rings. The summed E-state index contributed by atoms with van der Waals surface area (Å²) >= 11 is 0. The summed E-state index contributed by atoms with van der Waals surface area (Å²) in [4.78, 5) is 38.9. The Morgan fingerprint density at radius 3 is 2.54 bits per heavy atom. The summed E-state index contributed by atoms with van der Waals surface area (Å²) in [5.41, 5.74) is 13.8. The van der Waals surface area contributed by atoms with E-state index in [2.05, 4.69) is 29.9 Å². The van der Waals surface area contributed by atoms with Crippen molar-refractivity contribution in [2.45, 2.75) is 65.3 Å². The van der Waals surface area contributed by atoms with Gasteiger partial charge in [0.2, 0.25) is 5.91 Å². The number of hydrogen-bond acceptors (Lipinski definition) is 9. The van der Waals surface area contributed by atoms with Crippen LogP contribution in [0.25, 0.3) is 10.8 Å². The van der Waals surface area contributed by atoms with Crippen LogP contribution in [0.4, 0.5) is 23.3 Å². The number of piperidine rings is 1. The van der Waals surface area contributed by atoms with Crippen molar-refractivity contribution in [2.75, 3.05) is 41.0 Å². The predicted octanol–water partition coefficient (Wildman–Crippen LogP) is 3.16. The van der Waals surface area contributed by atoms with Gasteiger partial charge in [0.15, 0.2) is 0 Å². The van der Waals surface area contributed by atoms with Crippen molar-refractivity contribution in [3.8, 4) is 6.07 Å². The maximum Gasteiger partial charge on any atom is 0.310 e. The van der Waals surface area contributed by atoms with Crippen molar-refractivity contribution in [2.24, 2.45) is 17.8 Å². The first kappa shape index (κ1) is 25.1. The van der Waals surface area contributed by atoms with Gasteiger partial charge in [-0.1, -0.05) is 26.7 Å². The summed E-state index contributed by atoms with van der Waals surface area (Å²) in [6.45, 7) is 7.55. The quantitative estimate of drug-likeness (QED) is 0.597. The third-order valence-corrected chi connectivity index (χ3v) is 8.53. The number of carbonyl (C=O) groups is 2. The molecule has 37 heavy (non-hydrogen) atoms. The number of fused-ring (bicyclic) bond motifs is 3. The molecule has 0 bridgehead atoms. The first-order valence-electron chi connectivity index (χ1n) is 13.3. The van der Waals surface area contributed by atoms with Gasteiger partial charge in [0.05, 0.1) is 24.3 Å². The van der Waals surface area contributed by atoms with Crippen LogP contribution in [0, 0.1) is 29.1 Å². The normalized spacial score (nSPS) is 25.7. The van der Waals surface area contributed by atoms with E-state index in [4.69, 9.17) is 16.2 Å². The molecule has 1 saturated carbocycles. The highest BCUT2D eigenvalue weighted by Gasteiger charge is 2.42. The van der Waals surface area contributed by atoms with E-state index in [0.717, 1.165) is 25.7 Å². The molecule has 2 aromatic heterocycles. The largest absolute Gasteiger partial charge is 0.466 e. The summed E-state index contributed by atoms with van der Waals surface area (Å²) in [5, 5.41) is 11.3. The van der Waals surface area contributed by atoms with Crippen molar-refractivity contribution in [3.05, 3.63) is 11.1 Å². The molecule has 5 rings (SSSR count). The standard InChI is InChI=1S/C27H35N7O3/c1-4-37-27(36)16-8-6-10-33(13-16)25-18(12-28)21-17-11-20(35)34(19-9-5-7-14(2)15(19)3)26(17)32-24(30)22(21)23(29)31-25/h14-16,19H,4-11,13H2,1-3H3,(H2,29,31)(H2,30,32). The Bertz CT molecular complexity index is 1300. The fourth-order valence-corrected chi connectivity index (χ4v) is 6.44. The number of ether oxygens (including phenoxy) is 1. The van der Waals surface area contributed by atoms with Crippen molar-refractivity contribution in [1.82, 2.24) is 9.97 Å². The molecular weight excluding hydrogens is 470 g/mol. The fraction of sp³-hybridized carbons (Fsp3) is 0.593. The maximum absolute atomic E-state index is 13.4. The van der Waals surface area contributed by atoms with Gasteiger partial charge in [0.1, 0.15) is 34.9 Å². The molecule has 1 aliphatic carbocycles. The molecule has 4 heterocycles. The number of rotatable bonds is 4. The first-order valence-corrected chi connectivity index (χ1v) is 13.3. The Labute approximate surface area is 216 Å². The number of nitrogens with two attached hydrogens (primary N) is 2. The van der Waals surface area contributed by atoms with Crippen LogP contribution in [0.3, 0.4) is 0 Å². The average Bonchev–Trinajstić information content (AvgIpc) is 3.21. The zero-order valence-electron chi connectivity index (χ0n) is 21.8. The van der Waals surface area contributed by atoms with Crippen molar-refractivity contribution in [3.63, 3.8) is 0 Å². The lowest BCUT2D eigenvalue weighted by atomic mass is 9.77. The smallest absolute Gasteiger partial charge is 0.310 e. The van der Waals surface area contributed by atoms with E-state index < -0.39 is 0 Å². The lowest BCUT2D eigenvalue weighted by molar-refractivity contribution is -0.148. The second-order valence-electron chi connectivity index (χ2n) is 10.7. The summed E-state index contributed by atoms with van der Waals surface area (Å²) < 4.78 is 5.25. The van der Waals surface area contributed by atoms with E-state index in [1.165, 1.54) is 0 Å². The van der Waals surface area contributed by atoms with Crippen LogP contribution in [0.5, 0.6) is 0 Å². The van der Waals surface area contributed by atoms with Crippen LogP contribution in [0.1, 0.15) is 64.0 Å². The number of amides is 1. The SMILES string of the molecule is CCOC(=O)C1CCCN(c2nc(N)c3c(N)nc4c(c3c2C#N)CC(=O)N4C2CCCC(C)C2C)C1. The highest BCUT2D eigenvalue weighted by Crippen LogP contribution is 2.45. The van der Waals surface area contributed by atoms with Crippen LogP contribution in [0.2, 0.25) is 0 Å². The second kappa shape index (κ2) is 9.69. The van der Waals surface area contributed by atoms with Gasteiger partial charge < -0.3 is 21.1 Å². The Balaban J connectivity index is 1.64. The molecule has 0 spiro atoms. The molecule has 2 fully saturated rings. The Morgan fingerprint density at radius 1 is 1.11 bits per heavy atom. The number of anilines is 4. The number of nitriles is 1. The second-order valence-corrected chi connectivity index (χ2v) is 10.7. The van der Waals surface area contributed by atoms with Gasteiger partial charge in [-0.15, -0.1) is 0 Å². The highest BCUT2D eigenvalue weighted by atomic mass is 16.5. The highest BCUT2D eigenvalue weighted by molar-refractivity contribution is 6.13. The predicted molar refractivity (Wildman–Crippen MR) is 142 cm³/mol. The first-order chi connectivity index (χ1) is 17.8. The number of hydrogen-bond donors (Lipinski definition) is 2. The number of esters is 1. The molecule has 0 aromatic carbocycles. The molecule has 1 saturated heterocycles. The number of aromatic nitrogens is 2. The van der Waals surface area contributed by atoms with E-state index in [1.807, 2.05) is 9.80 Å². The van der Waals surface area contributed by atoms with Crippen LogP contribution >= 0.6 is 0 Å². The molecule has 10 heteroatoms. The Morgan fingerprint density at radius 2 is 1.84 bits per heavy atom. The molecule has 4 atom stereocenters. The molecule has 2 aliphatic heterocycles. The Kier molecular flexibility index (Phi) is 6.56. The summed E-state index contributed by atoms with van der Waals surface area (Å²) in [6, 6.07) is 2.37.